The van der Waals surface area contributed by atoms with Crippen molar-refractivity contribution in [1.82, 2.24) is 4.72 Å². The fraction of sp³-hybridized carbons (Fsp3) is 0.455. The normalized spacial score (nSPS) is 22.9. The van der Waals surface area contributed by atoms with Gasteiger partial charge in [0.25, 0.3) is 5.69 Å². The highest BCUT2D eigenvalue weighted by Gasteiger charge is 2.33. The van der Waals surface area contributed by atoms with E-state index in [-0.39, 0.29) is 20.8 Å². The molecule has 0 saturated heterocycles. The van der Waals surface area contributed by atoms with Crippen LogP contribution in [0.15, 0.2) is 23.1 Å². The number of rotatable bonds is 4. The maximum atomic E-state index is 12.3. The van der Waals surface area contributed by atoms with Gasteiger partial charge in [-0.2, -0.15) is 0 Å². The molecule has 2 atom stereocenters. The highest BCUT2D eigenvalue weighted by atomic mass is 79.9. The van der Waals surface area contributed by atoms with Crippen molar-refractivity contribution < 1.29 is 13.3 Å². The van der Waals surface area contributed by atoms with Crippen molar-refractivity contribution in [3.63, 3.8) is 0 Å². The minimum Gasteiger partial charge on any atom is -0.258 e. The average Bonchev–Trinajstić information content (AvgIpc) is 2.74. The van der Waals surface area contributed by atoms with E-state index in [0.29, 0.717) is 6.42 Å². The summed E-state index contributed by atoms with van der Waals surface area (Å²) < 4.78 is 27.1. The molecule has 1 aliphatic rings. The summed E-state index contributed by atoms with van der Waals surface area (Å²) in [4.78, 5) is 9.90. The Kier molecular flexibility index (Phi) is 4.68. The molecular formula is C11H12BrClN2O4S. The van der Waals surface area contributed by atoms with Gasteiger partial charge >= 0.3 is 0 Å². The quantitative estimate of drug-likeness (QED) is 0.492. The summed E-state index contributed by atoms with van der Waals surface area (Å²) in [7, 11) is -3.95. The zero-order valence-electron chi connectivity index (χ0n) is 10.3. The molecule has 1 aromatic carbocycles. The number of sulfonamides is 1. The first-order chi connectivity index (χ1) is 9.31. The fourth-order valence-electron chi connectivity index (χ4n) is 2.17. The Bertz CT molecular complexity index is 637. The summed E-state index contributed by atoms with van der Waals surface area (Å²) in [5.41, 5.74) is -0.519. The lowest BCUT2D eigenvalue weighted by molar-refractivity contribution is -0.387. The number of hydrogen-bond donors (Lipinski definition) is 1. The van der Waals surface area contributed by atoms with Crippen LogP contribution in [0.4, 0.5) is 5.69 Å². The van der Waals surface area contributed by atoms with Crippen LogP contribution in [-0.4, -0.2) is 24.2 Å². The Morgan fingerprint density at radius 2 is 2.10 bits per heavy atom. The molecule has 0 aromatic heterocycles. The predicted molar refractivity (Wildman–Crippen MR) is 78.8 cm³/mol. The van der Waals surface area contributed by atoms with E-state index in [0.717, 1.165) is 25.0 Å². The van der Waals surface area contributed by atoms with E-state index in [1.807, 2.05) is 0 Å². The number of nitro groups is 1. The number of nitrogens with one attached hydrogen (secondary N) is 1. The number of nitrogens with zero attached hydrogens (tertiary/aromatic N) is 1. The summed E-state index contributed by atoms with van der Waals surface area (Å²) in [5.74, 6) is 0. The zero-order valence-corrected chi connectivity index (χ0v) is 13.4. The van der Waals surface area contributed by atoms with Crippen LogP contribution in [0.25, 0.3) is 0 Å². The predicted octanol–water partition coefficient (Wildman–Crippen LogP) is 2.84. The van der Waals surface area contributed by atoms with Gasteiger partial charge in [0, 0.05) is 22.0 Å². The monoisotopic (exact) mass is 382 g/mol. The summed E-state index contributed by atoms with van der Waals surface area (Å²) in [6, 6.07) is 3.26. The highest BCUT2D eigenvalue weighted by molar-refractivity contribution is 9.09. The van der Waals surface area contributed by atoms with Gasteiger partial charge in [0.1, 0.15) is 0 Å². The lowest BCUT2D eigenvalue weighted by atomic mass is 10.3. The number of nitro benzene ring substituents is 1. The third-order valence-electron chi connectivity index (χ3n) is 3.15. The summed E-state index contributed by atoms with van der Waals surface area (Å²) in [6.07, 6.45) is 2.48. The Balaban J connectivity index is 2.36. The SMILES string of the molecule is O=[N+]([O-])c1cc(Cl)ccc1S(=O)(=O)NC1CCCC1Br. The molecule has 1 N–H and O–H groups in total. The van der Waals surface area contributed by atoms with Crippen molar-refractivity contribution in [2.24, 2.45) is 0 Å². The average molecular weight is 384 g/mol. The molecule has 0 bridgehead atoms. The van der Waals surface area contributed by atoms with Crippen LogP contribution in [0.1, 0.15) is 19.3 Å². The van der Waals surface area contributed by atoms with Crippen molar-refractivity contribution in [2.75, 3.05) is 0 Å². The molecule has 0 radical (unpaired) electrons. The van der Waals surface area contributed by atoms with Crippen LogP contribution in [0.2, 0.25) is 5.02 Å². The van der Waals surface area contributed by atoms with Gasteiger partial charge in [-0.1, -0.05) is 34.0 Å². The second-order valence-electron chi connectivity index (χ2n) is 4.54. The van der Waals surface area contributed by atoms with Gasteiger partial charge < -0.3 is 0 Å². The summed E-state index contributed by atoms with van der Waals surface area (Å²) >= 11 is 9.08. The van der Waals surface area contributed by atoms with Gasteiger partial charge in [-0.25, -0.2) is 13.1 Å². The maximum Gasteiger partial charge on any atom is 0.290 e. The molecule has 2 rings (SSSR count). The smallest absolute Gasteiger partial charge is 0.258 e. The maximum absolute atomic E-state index is 12.3. The summed E-state index contributed by atoms with van der Waals surface area (Å²) in [6.45, 7) is 0. The van der Waals surface area contributed by atoms with E-state index in [4.69, 9.17) is 11.6 Å². The number of alkyl halides is 1. The second-order valence-corrected chi connectivity index (χ2v) is 7.84. The number of hydrogen-bond acceptors (Lipinski definition) is 4. The van der Waals surface area contributed by atoms with Crippen LogP contribution >= 0.6 is 27.5 Å². The van der Waals surface area contributed by atoms with Crippen LogP contribution in [0.3, 0.4) is 0 Å². The third kappa shape index (κ3) is 3.30. The van der Waals surface area contributed by atoms with Gasteiger partial charge in [-0.05, 0) is 25.0 Å². The molecule has 1 aliphatic carbocycles. The van der Waals surface area contributed by atoms with Crippen LogP contribution in [-0.2, 0) is 10.0 Å². The van der Waals surface area contributed by atoms with Crippen molar-refractivity contribution in [2.45, 2.75) is 35.0 Å². The Morgan fingerprint density at radius 3 is 2.65 bits per heavy atom. The van der Waals surface area contributed by atoms with Crippen molar-refractivity contribution in [1.29, 1.82) is 0 Å². The molecule has 6 nitrogen and oxygen atoms in total. The van der Waals surface area contributed by atoms with Gasteiger partial charge in [0.15, 0.2) is 4.90 Å². The molecule has 0 aliphatic heterocycles. The molecule has 0 spiro atoms. The van der Waals surface area contributed by atoms with Crippen LogP contribution < -0.4 is 4.72 Å². The molecule has 9 heteroatoms. The lowest BCUT2D eigenvalue weighted by Gasteiger charge is -2.16. The molecule has 1 saturated carbocycles. The standard InChI is InChI=1S/C11H12BrClN2O4S/c12-8-2-1-3-9(8)14-20(18,19)11-5-4-7(13)6-10(11)15(16)17/h4-6,8-9,14H,1-3H2. The van der Waals surface area contributed by atoms with Crippen molar-refractivity contribution >= 4 is 43.2 Å². The van der Waals surface area contributed by atoms with Gasteiger partial charge in [-0.3, -0.25) is 10.1 Å². The molecule has 0 amide bonds. The Hall–Kier alpha value is -0.700. The Morgan fingerprint density at radius 1 is 1.40 bits per heavy atom. The number of halogens is 2. The van der Waals surface area contributed by atoms with E-state index >= 15 is 0 Å². The van der Waals surface area contributed by atoms with Crippen LogP contribution in [0.5, 0.6) is 0 Å². The van der Waals surface area contributed by atoms with Crippen molar-refractivity contribution in [3.8, 4) is 0 Å². The molecular weight excluding hydrogens is 372 g/mol. The van der Waals surface area contributed by atoms with Gasteiger partial charge in [-0.15, -0.1) is 0 Å². The molecule has 2 unspecified atom stereocenters. The van der Waals surface area contributed by atoms with Crippen LogP contribution in [0, 0.1) is 10.1 Å². The highest BCUT2D eigenvalue weighted by Crippen LogP contribution is 2.30. The van der Waals surface area contributed by atoms with Gasteiger partial charge in [0.2, 0.25) is 10.0 Å². The van der Waals surface area contributed by atoms with Gasteiger partial charge in [0.05, 0.1) is 4.92 Å². The first-order valence-corrected chi connectivity index (χ1v) is 8.69. The van der Waals surface area contributed by atoms with Crippen molar-refractivity contribution in [3.05, 3.63) is 33.3 Å². The van der Waals surface area contributed by atoms with E-state index in [1.54, 1.807) is 0 Å². The fourth-order valence-corrected chi connectivity index (χ4v) is 4.70. The second kappa shape index (κ2) is 5.97. The summed E-state index contributed by atoms with van der Waals surface area (Å²) in [5, 5.41) is 11.1. The number of benzene rings is 1. The first-order valence-electron chi connectivity index (χ1n) is 5.91. The molecule has 1 fully saturated rings. The molecule has 0 heterocycles. The largest absolute Gasteiger partial charge is 0.290 e. The topological polar surface area (TPSA) is 89.3 Å². The lowest BCUT2D eigenvalue weighted by Crippen LogP contribution is -2.37. The third-order valence-corrected chi connectivity index (χ3v) is 6.01. The zero-order chi connectivity index (χ0) is 14.9. The first kappa shape index (κ1) is 15.7. The van der Waals surface area contributed by atoms with E-state index in [9.17, 15) is 18.5 Å². The minimum absolute atomic E-state index is 0.0450. The molecule has 110 valence electrons. The van der Waals surface area contributed by atoms with E-state index in [2.05, 4.69) is 20.7 Å². The van der Waals surface area contributed by atoms with E-state index < -0.39 is 20.6 Å². The minimum atomic E-state index is -3.95. The molecule has 20 heavy (non-hydrogen) atoms. The van der Waals surface area contributed by atoms with E-state index in [1.165, 1.54) is 6.07 Å². The molecule has 1 aromatic rings. The Labute approximate surface area is 129 Å².